The van der Waals surface area contributed by atoms with Crippen LogP contribution < -0.4 is 22.9 Å². The Balaban J connectivity index is 5.36. The average Bonchev–Trinajstić information content (AvgIpc) is 2.33. The molecule has 110 valence electrons. The minimum atomic E-state index is -2.60. The summed E-state index contributed by atoms with van der Waals surface area (Å²) in [4.78, 5) is 35.4. The molecule has 8 heteroatoms. The first-order valence-electron chi connectivity index (χ1n) is 5.88. The van der Waals surface area contributed by atoms with Crippen molar-refractivity contribution in [1.29, 1.82) is 0 Å². The van der Waals surface area contributed by atoms with Crippen molar-refractivity contribution in [2.45, 2.75) is 37.9 Å². The Morgan fingerprint density at radius 2 is 1.53 bits per heavy atom. The molecule has 0 saturated heterocycles. The average molecular weight is 274 g/mol. The first-order valence-corrected chi connectivity index (χ1v) is 5.88. The Labute approximate surface area is 111 Å². The monoisotopic (exact) mass is 274 g/mol. The summed E-state index contributed by atoms with van der Waals surface area (Å²) in [6.45, 7) is 2.88. The highest BCUT2D eigenvalue weighted by Gasteiger charge is 2.50. The molecule has 0 aliphatic rings. The summed E-state index contributed by atoms with van der Waals surface area (Å²) < 4.78 is 0. The van der Waals surface area contributed by atoms with E-state index in [4.69, 9.17) is 28.0 Å². The highest BCUT2D eigenvalue weighted by Crippen LogP contribution is 2.13. The summed E-state index contributed by atoms with van der Waals surface area (Å²) in [6.07, 6.45) is 0.243. The van der Waals surface area contributed by atoms with Gasteiger partial charge in [0.2, 0.25) is 5.54 Å². The smallest absolute Gasteiger partial charge is 0.253 e. The van der Waals surface area contributed by atoms with Crippen molar-refractivity contribution in [3.05, 3.63) is 0 Å². The minimum absolute atomic E-state index is 0.0673. The lowest BCUT2D eigenvalue weighted by atomic mass is 9.81. The molecule has 0 heterocycles. The third-order valence-corrected chi connectivity index (χ3v) is 2.76. The first-order chi connectivity index (χ1) is 8.58. The van der Waals surface area contributed by atoms with Crippen LogP contribution in [0.2, 0.25) is 0 Å². The molecule has 8 nitrogen and oxygen atoms in total. The molecule has 19 heavy (non-hydrogen) atoms. The van der Waals surface area contributed by atoms with Crippen LogP contribution in [0.1, 0.15) is 20.3 Å². The van der Waals surface area contributed by atoms with E-state index in [1.54, 1.807) is 0 Å². The summed E-state index contributed by atoms with van der Waals surface area (Å²) >= 11 is 0. The van der Waals surface area contributed by atoms with Gasteiger partial charge in [0.15, 0.2) is 11.6 Å². The highest BCUT2D eigenvalue weighted by atomic mass is 16.3. The van der Waals surface area contributed by atoms with Crippen LogP contribution in [0.25, 0.3) is 0 Å². The predicted octanol–water partition coefficient (Wildman–Crippen LogP) is -3.00. The van der Waals surface area contributed by atoms with E-state index in [1.807, 2.05) is 13.8 Å². The lowest BCUT2D eigenvalue weighted by molar-refractivity contribution is -0.143. The molecule has 0 rings (SSSR count). The van der Waals surface area contributed by atoms with Crippen molar-refractivity contribution in [2.75, 3.05) is 6.61 Å². The van der Waals surface area contributed by atoms with E-state index in [0.29, 0.717) is 0 Å². The van der Waals surface area contributed by atoms with Gasteiger partial charge in [-0.25, -0.2) is 0 Å². The van der Waals surface area contributed by atoms with Crippen LogP contribution in [0.15, 0.2) is 0 Å². The Kier molecular flexibility index (Phi) is 6.23. The van der Waals surface area contributed by atoms with Crippen LogP contribution in [0.4, 0.5) is 0 Å². The van der Waals surface area contributed by atoms with Crippen molar-refractivity contribution < 1.29 is 19.5 Å². The Morgan fingerprint density at radius 1 is 1.11 bits per heavy atom. The Morgan fingerprint density at radius 3 is 1.84 bits per heavy atom. The second kappa shape index (κ2) is 6.71. The molecular weight excluding hydrogens is 252 g/mol. The van der Waals surface area contributed by atoms with E-state index in [9.17, 15) is 14.4 Å². The molecule has 0 aliphatic heterocycles. The summed E-state index contributed by atoms with van der Waals surface area (Å²) in [5, 5.41) is 8.82. The molecule has 0 aromatic carbocycles. The summed E-state index contributed by atoms with van der Waals surface area (Å²) in [6, 6.07) is -2.57. The van der Waals surface area contributed by atoms with Gasteiger partial charge in [-0.2, -0.15) is 0 Å². The van der Waals surface area contributed by atoms with Gasteiger partial charge in [0, 0.05) is 0 Å². The molecule has 0 bridgehead atoms. The van der Waals surface area contributed by atoms with Crippen molar-refractivity contribution >= 4 is 17.5 Å². The van der Waals surface area contributed by atoms with Crippen LogP contribution in [-0.4, -0.2) is 46.8 Å². The van der Waals surface area contributed by atoms with Crippen LogP contribution in [0.5, 0.6) is 0 Å². The number of primary amides is 1. The van der Waals surface area contributed by atoms with Crippen molar-refractivity contribution in [3.63, 3.8) is 0 Å². The van der Waals surface area contributed by atoms with Crippen LogP contribution in [0, 0.1) is 5.92 Å². The molecule has 0 saturated carbocycles. The normalized spacial score (nSPS) is 17.6. The molecule has 0 spiro atoms. The van der Waals surface area contributed by atoms with Gasteiger partial charge in [-0.3, -0.25) is 14.4 Å². The molecule has 0 aromatic rings. The van der Waals surface area contributed by atoms with Crippen molar-refractivity contribution in [3.8, 4) is 0 Å². The number of ketones is 2. The van der Waals surface area contributed by atoms with E-state index >= 15 is 0 Å². The van der Waals surface area contributed by atoms with E-state index in [1.165, 1.54) is 0 Å². The molecule has 0 aromatic heterocycles. The lowest BCUT2D eigenvalue weighted by Gasteiger charge is -2.28. The largest absolute Gasteiger partial charge is 0.394 e. The Bertz CT molecular complexity index is 372. The maximum atomic E-state index is 12.1. The predicted molar refractivity (Wildman–Crippen MR) is 68.6 cm³/mol. The highest BCUT2D eigenvalue weighted by molar-refractivity contribution is 6.30. The van der Waals surface area contributed by atoms with E-state index in [0.717, 1.165) is 0 Å². The number of hydrogen-bond acceptors (Lipinski definition) is 7. The number of aliphatic hydroxyl groups excluding tert-OH is 1. The van der Waals surface area contributed by atoms with Gasteiger partial charge in [-0.15, -0.1) is 0 Å². The number of carbonyl (C=O) groups is 3. The fraction of sp³-hybridized carbons (Fsp3) is 0.727. The standard InChI is InChI=1S/C11H22N4O4/c1-5(2)3-6(12)8(17)11(15,10(14)19)9(18)7(13)4-16/h5-7,16H,3-4,12-13,15H2,1-2H3,(H2,14,19). The van der Waals surface area contributed by atoms with E-state index in [2.05, 4.69) is 0 Å². The molecular formula is C11H22N4O4. The quantitative estimate of drug-likeness (QED) is 0.293. The van der Waals surface area contributed by atoms with Gasteiger partial charge in [-0.05, 0) is 12.3 Å². The topological polar surface area (TPSA) is 176 Å². The van der Waals surface area contributed by atoms with Crippen LogP contribution >= 0.6 is 0 Å². The molecule has 3 unspecified atom stereocenters. The van der Waals surface area contributed by atoms with Crippen LogP contribution in [0.3, 0.4) is 0 Å². The van der Waals surface area contributed by atoms with Crippen LogP contribution in [-0.2, 0) is 14.4 Å². The second-order valence-electron chi connectivity index (χ2n) is 4.93. The van der Waals surface area contributed by atoms with Gasteiger partial charge in [-0.1, -0.05) is 13.8 Å². The Hall–Kier alpha value is -1.35. The van der Waals surface area contributed by atoms with Gasteiger partial charge in [0.25, 0.3) is 5.91 Å². The fourth-order valence-electron chi connectivity index (χ4n) is 1.65. The third-order valence-electron chi connectivity index (χ3n) is 2.76. The van der Waals surface area contributed by atoms with Crippen molar-refractivity contribution in [2.24, 2.45) is 28.9 Å². The molecule has 0 radical (unpaired) electrons. The molecule has 1 amide bonds. The molecule has 0 aliphatic carbocycles. The zero-order chi connectivity index (χ0) is 15.4. The van der Waals surface area contributed by atoms with E-state index in [-0.39, 0.29) is 12.3 Å². The maximum Gasteiger partial charge on any atom is 0.253 e. The number of carbonyl (C=O) groups excluding carboxylic acids is 3. The number of amides is 1. The summed E-state index contributed by atoms with van der Waals surface area (Å²) in [7, 11) is 0. The molecule has 9 N–H and O–H groups in total. The first kappa shape index (κ1) is 17.6. The summed E-state index contributed by atoms with van der Waals surface area (Å²) in [5.74, 6) is -3.38. The SMILES string of the molecule is CC(C)CC(N)C(=O)C(N)(C(N)=O)C(=O)C(N)CO. The number of hydrogen-bond donors (Lipinski definition) is 5. The lowest BCUT2D eigenvalue weighted by Crippen LogP contribution is -2.70. The van der Waals surface area contributed by atoms with Gasteiger partial charge >= 0.3 is 0 Å². The number of nitrogens with two attached hydrogens (primary N) is 4. The van der Waals surface area contributed by atoms with Gasteiger partial charge in [0.05, 0.1) is 18.7 Å². The number of rotatable bonds is 8. The van der Waals surface area contributed by atoms with Gasteiger partial charge in [0.1, 0.15) is 0 Å². The zero-order valence-electron chi connectivity index (χ0n) is 11.1. The number of aliphatic hydroxyl groups is 1. The third kappa shape index (κ3) is 3.80. The van der Waals surface area contributed by atoms with Crippen molar-refractivity contribution in [1.82, 2.24) is 0 Å². The molecule has 0 fully saturated rings. The second-order valence-corrected chi connectivity index (χ2v) is 4.93. The zero-order valence-corrected chi connectivity index (χ0v) is 11.1. The summed E-state index contributed by atoms with van der Waals surface area (Å²) in [5.41, 5.74) is 18.9. The maximum absolute atomic E-state index is 12.1. The van der Waals surface area contributed by atoms with E-state index < -0.39 is 41.7 Å². The van der Waals surface area contributed by atoms with Gasteiger partial charge < -0.3 is 28.0 Å². The fourth-order valence-corrected chi connectivity index (χ4v) is 1.65. The molecule has 3 atom stereocenters. The minimum Gasteiger partial charge on any atom is -0.394 e. The number of Topliss-reactive ketones (excluding diaryl/α,β-unsaturated/α-hetero) is 2.